The van der Waals surface area contributed by atoms with Crippen LogP contribution in [0.5, 0.6) is 0 Å². The Labute approximate surface area is 163 Å². The van der Waals surface area contributed by atoms with E-state index in [2.05, 4.69) is 20.6 Å². The smallest absolute Gasteiger partial charge is 0.270 e. The largest absolute Gasteiger partial charge is 0.347 e. The van der Waals surface area contributed by atoms with Crippen LogP contribution in [-0.2, 0) is 13.1 Å². The molecule has 0 saturated carbocycles. The van der Waals surface area contributed by atoms with E-state index >= 15 is 0 Å². The number of nitrogens with one attached hydrogen (secondary N) is 2. The number of aromatic nitrogens is 2. The van der Waals surface area contributed by atoms with Crippen LogP contribution in [0.25, 0.3) is 0 Å². The second-order valence-electron chi connectivity index (χ2n) is 6.03. The van der Waals surface area contributed by atoms with Crippen LogP contribution in [0.4, 0.5) is 13.2 Å². The van der Waals surface area contributed by atoms with Gasteiger partial charge in [0.1, 0.15) is 23.5 Å². The van der Waals surface area contributed by atoms with Gasteiger partial charge in [-0.15, -0.1) is 0 Å². The van der Waals surface area contributed by atoms with Crippen LogP contribution < -0.4 is 10.6 Å². The summed E-state index contributed by atoms with van der Waals surface area (Å²) in [5.41, 5.74) is 0.969. The Morgan fingerprint density at radius 2 is 1.28 bits per heavy atom. The zero-order valence-electron chi connectivity index (χ0n) is 15.0. The molecule has 0 aliphatic carbocycles. The summed E-state index contributed by atoms with van der Waals surface area (Å²) >= 11 is 0. The minimum Gasteiger partial charge on any atom is -0.347 e. The van der Waals surface area contributed by atoms with Crippen LogP contribution >= 0.6 is 0 Å². The molecule has 148 valence electrons. The highest BCUT2D eigenvalue weighted by Crippen LogP contribution is 2.09. The molecule has 29 heavy (non-hydrogen) atoms. The van der Waals surface area contributed by atoms with Crippen LogP contribution in [0.1, 0.15) is 32.1 Å². The number of halogens is 3. The van der Waals surface area contributed by atoms with E-state index < -0.39 is 23.4 Å². The Morgan fingerprint density at radius 3 is 1.86 bits per heavy atom. The van der Waals surface area contributed by atoms with Crippen molar-refractivity contribution in [1.82, 2.24) is 20.6 Å². The highest BCUT2D eigenvalue weighted by molar-refractivity contribution is 5.97. The van der Waals surface area contributed by atoms with Crippen LogP contribution in [0.15, 0.2) is 54.9 Å². The van der Waals surface area contributed by atoms with Crippen molar-refractivity contribution < 1.29 is 22.8 Å². The lowest BCUT2D eigenvalue weighted by Gasteiger charge is -2.07. The molecule has 0 radical (unpaired) electrons. The molecule has 3 aromatic rings. The van der Waals surface area contributed by atoms with E-state index in [4.69, 9.17) is 0 Å². The molecule has 0 spiro atoms. The predicted molar refractivity (Wildman–Crippen MR) is 97.1 cm³/mol. The highest BCUT2D eigenvalue weighted by atomic mass is 19.2. The average molecular weight is 400 g/mol. The third-order valence-corrected chi connectivity index (χ3v) is 3.94. The normalized spacial score (nSPS) is 10.4. The molecule has 0 bridgehead atoms. The Hall–Kier alpha value is -3.75. The van der Waals surface area contributed by atoms with Crippen molar-refractivity contribution in [2.24, 2.45) is 0 Å². The summed E-state index contributed by atoms with van der Waals surface area (Å²) in [4.78, 5) is 32.1. The molecule has 6 nitrogen and oxygen atoms in total. The summed E-state index contributed by atoms with van der Waals surface area (Å²) in [5, 5.41) is 5.12. The van der Waals surface area contributed by atoms with Crippen molar-refractivity contribution >= 4 is 11.8 Å². The zero-order valence-corrected chi connectivity index (χ0v) is 15.0. The van der Waals surface area contributed by atoms with E-state index in [0.29, 0.717) is 11.1 Å². The van der Waals surface area contributed by atoms with E-state index in [0.717, 1.165) is 18.5 Å². The van der Waals surface area contributed by atoms with Gasteiger partial charge in [0.2, 0.25) is 0 Å². The second kappa shape index (κ2) is 8.96. The molecule has 0 atom stereocenters. The van der Waals surface area contributed by atoms with Gasteiger partial charge in [-0.3, -0.25) is 9.59 Å². The van der Waals surface area contributed by atoms with Crippen molar-refractivity contribution in [3.05, 3.63) is 94.8 Å². The van der Waals surface area contributed by atoms with Crippen molar-refractivity contribution in [2.45, 2.75) is 13.1 Å². The summed E-state index contributed by atoms with van der Waals surface area (Å²) in [5.74, 6) is -3.52. The molecular formula is C20H15F3N4O2. The molecule has 9 heteroatoms. The number of amides is 2. The van der Waals surface area contributed by atoms with Gasteiger partial charge in [0.05, 0.1) is 0 Å². The Balaban J connectivity index is 1.60. The lowest BCUT2D eigenvalue weighted by molar-refractivity contribution is 0.0944. The van der Waals surface area contributed by atoms with Crippen LogP contribution in [-0.4, -0.2) is 21.8 Å². The summed E-state index contributed by atoms with van der Waals surface area (Å²) in [6, 6.07) is 10.1. The fraction of sp³-hybridized carbons (Fsp3) is 0.100. The first kappa shape index (κ1) is 20.0. The number of hydrogen-bond acceptors (Lipinski definition) is 4. The average Bonchev–Trinajstić information content (AvgIpc) is 2.73. The van der Waals surface area contributed by atoms with E-state index in [9.17, 15) is 22.8 Å². The summed E-state index contributed by atoms with van der Waals surface area (Å²) in [7, 11) is 0. The number of carbonyl (C=O) groups excluding carboxylic acids is 2. The van der Waals surface area contributed by atoms with E-state index in [-0.39, 0.29) is 30.3 Å². The molecular weight excluding hydrogens is 385 g/mol. The maximum atomic E-state index is 13.2. The van der Waals surface area contributed by atoms with Crippen molar-refractivity contribution in [2.75, 3.05) is 0 Å². The zero-order chi connectivity index (χ0) is 20.8. The van der Waals surface area contributed by atoms with E-state index in [1.165, 1.54) is 36.4 Å². The van der Waals surface area contributed by atoms with Gasteiger partial charge in [-0.05, 0) is 35.4 Å². The molecule has 0 saturated heterocycles. The van der Waals surface area contributed by atoms with Gasteiger partial charge in [-0.1, -0.05) is 18.2 Å². The summed E-state index contributed by atoms with van der Waals surface area (Å²) in [6.07, 6.45) is 1.07. The second-order valence-corrected chi connectivity index (χ2v) is 6.03. The van der Waals surface area contributed by atoms with Crippen LogP contribution in [0.2, 0.25) is 0 Å². The topological polar surface area (TPSA) is 84.0 Å². The summed E-state index contributed by atoms with van der Waals surface area (Å²) < 4.78 is 39.1. The first-order chi connectivity index (χ1) is 13.9. The van der Waals surface area contributed by atoms with Gasteiger partial charge in [0, 0.05) is 19.2 Å². The van der Waals surface area contributed by atoms with Gasteiger partial charge in [0.25, 0.3) is 11.8 Å². The number of carbonyl (C=O) groups is 2. The summed E-state index contributed by atoms with van der Waals surface area (Å²) in [6.45, 7) is 0.104. The minimum absolute atomic E-state index is 0.0277. The Bertz CT molecular complexity index is 1040. The standard InChI is InChI=1S/C20H15F3N4O2/c21-14-4-1-12(2-5-14)9-24-19(28)17-8-18(27-11-26-17)20(29)25-10-13-3-6-15(22)16(23)7-13/h1-8,11H,9-10H2,(H,24,28)(H,25,29). The van der Waals surface area contributed by atoms with Crippen molar-refractivity contribution in [3.8, 4) is 0 Å². The molecule has 2 aromatic carbocycles. The van der Waals surface area contributed by atoms with Crippen LogP contribution in [0.3, 0.4) is 0 Å². The first-order valence-corrected chi connectivity index (χ1v) is 8.49. The molecule has 1 aromatic heterocycles. The minimum atomic E-state index is -1.01. The number of rotatable bonds is 6. The predicted octanol–water partition coefficient (Wildman–Crippen LogP) is 2.75. The first-order valence-electron chi connectivity index (χ1n) is 8.49. The SMILES string of the molecule is O=C(NCc1ccc(F)cc1)c1cc(C(=O)NCc2ccc(F)c(F)c2)ncn1. The van der Waals surface area contributed by atoms with Gasteiger partial charge in [-0.2, -0.15) is 0 Å². The number of nitrogens with zero attached hydrogens (tertiary/aromatic N) is 2. The Kier molecular flexibility index (Phi) is 6.18. The fourth-order valence-corrected chi connectivity index (χ4v) is 2.40. The van der Waals surface area contributed by atoms with Gasteiger partial charge < -0.3 is 10.6 Å². The highest BCUT2D eigenvalue weighted by Gasteiger charge is 2.13. The lowest BCUT2D eigenvalue weighted by Crippen LogP contribution is -2.27. The number of hydrogen-bond donors (Lipinski definition) is 2. The van der Waals surface area contributed by atoms with E-state index in [1.54, 1.807) is 0 Å². The number of benzene rings is 2. The molecule has 0 aliphatic heterocycles. The molecule has 0 fully saturated rings. The van der Waals surface area contributed by atoms with E-state index in [1.807, 2.05) is 0 Å². The fourth-order valence-electron chi connectivity index (χ4n) is 2.40. The molecule has 2 N–H and O–H groups in total. The van der Waals surface area contributed by atoms with Gasteiger partial charge in [0.15, 0.2) is 11.6 Å². The lowest BCUT2D eigenvalue weighted by atomic mass is 10.2. The third kappa shape index (κ3) is 5.38. The third-order valence-electron chi connectivity index (χ3n) is 3.94. The molecule has 0 unspecified atom stereocenters. The maximum Gasteiger partial charge on any atom is 0.270 e. The van der Waals surface area contributed by atoms with Gasteiger partial charge >= 0.3 is 0 Å². The van der Waals surface area contributed by atoms with Crippen molar-refractivity contribution in [1.29, 1.82) is 0 Å². The quantitative estimate of drug-likeness (QED) is 0.667. The maximum absolute atomic E-state index is 13.2. The monoisotopic (exact) mass is 400 g/mol. The van der Waals surface area contributed by atoms with Crippen LogP contribution in [0, 0.1) is 17.5 Å². The molecule has 1 heterocycles. The molecule has 3 rings (SSSR count). The Morgan fingerprint density at radius 1 is 0.724 bits per heavy atom. The molecule has 2 amide bonds. The van der Waals surface area contributed by atoms with Crippen molar-refractivity contribution in [3.63, 3.8) is 0 Å². The van der Waals surface area contributed by atoms with Gasteiger partial charge in [-0.25, -0.2) is 23.1 Å². The molecule has 0 aliphatic rings.